The molecule has 28 heavy (non-hydrogen) atoms. The first-order valence-electron chi connectivity index (χ1n) is 8.65. The number of carbonyl (C=O) groups excluding carboxylic acids is 2. The van der Waals surface area contributed by atoms with E-state index in [0.717, 1.165) is 15.4 Å². The first-order chi connectivity index (χ1) is 13.5. The highest BCUT2D eigenvalue weighted by Crippen LogP contribution is 2.36. The first-order valence-corrected chi connectivity index (χ1v) is 9.47. The van der Waals surface area contributed by atoms with E-state index in [1.807, 2.05) is 30.3 Å². The van der Waals surface area contributed by atoms with E-state index < -0.39 is 11.9 Å². The number of ether oxygens (including phenoxy) is 1. The van der Waals surface area contributed by atoms with Gasteiger partial charge in [-0.05, 0) is 13.8 Å². The van der Waals surface area contributed by atoms with Crippen molar-refractivity contribution in [3.8, 4) is 26.8 Å². The molecule has 0 saturated carbocycles. The van der Waals surface area contributed by atoms with Crippen LogP contribution < -0.4 is 5.32 Å². The van der Waals surface area contributed by atoms with Crippen LogP contribution in [-0.4, -0.2) is 40.1 Å². The topological polar surface area (TPSA) is 101 Å². The summed E-state index contributed by atoms with van der Waals surface area (Å²) < 4.78 is 4.76. The Kier molecular flexibility index (Phi) is 6.00. The van der Waals surface area contributed by atoms with Gasteiger partial charge in [0.1, 0.15) is 17.3 Å². The van der Waals surface area contributed by atoms with E-state index in [0.29, 0.717) is 11.1 Å². The Hall–Kier alpha value is -3.26. The maximum Gasteiger partial charge on any atom is 0.325 e. The van der Waals surface area contributed by atoms with Gasteiger partial charge in [0.05, 0.1) is 11.5 Å². The van der Waals surface area contributed by atoms with Crippen molar-refractivity contribution in [1.29, 1.82) is 0 Å². The largest absolute Gasteiger partial charge is 0.505 e. The molecule has 7 nitrogen and oxygen atoms in total. The molecule has 0 spiro atoms. The lowest BCUT2D eigenvalue weighted by Gasteiger charge is -2.10. The molecule has 0 radical (unpaired) electrons. The summed E-state index contributed by atoms with van der Waals surface area (Å²) in [7, 11) is 0. The average molecular weight is 397 g/mol. The monoisotopic (exact) mass is 397 g/mol. The third-order valence-corrected chi connectivity index (χ3v) is 5.09. The van der Waals surface area contributed by atoms with Crippen molar-refractivity contribution >= 4 is 23.2 Å². The SMILES string of the molecule is CCOC(=O)CNC(=O)c1ncc(-c2cnc(-c3ccccc3)s2)c(C)c1O. The number of carbonyl (C=O) groups is 2. The third kappa shape index (κ3) is 4.17. The molecule has 0 aliphatic heterocycles. The molecule has 3 aromatic rings. The molecule has 144 valence electrons. The minimum absolute atomic E-state index is 0.140. The molecular formula is C20H19N3O4S. The number of pyridine rings is 1. The molecule has 2 aromatic heterocycles. The van der Waals surface area contributed by atoms with Gasteiger partial charge < -0.3 is 15.2 Å². The smallest absolute Gasteiger partial charge is 0.325 e. The molecule has 0 fully saturated rings. The van der Waals surface area contributed by atoms with Crippen molar-refractivity contribution in [2.24, 2.45) is 0 Å². The van der Waals surface area contributed by atoms with Crippen LogP contribution in [0, 0.1) is 6.92 Å². The fourth-order valence-electron chi connectivity index (χ4n) is 2.57. The molecule has 1 amide bonds. The van der Waals surface area contributed by atoms with Crippen LogP contribution in [0.5, 0.6) is 5.75 Å². The van der Waals surface area contributed by atoms with E-state index >= 15 is 0 Å². The van der Waals surface area contributed by atoms with Gasteiger partial charge in [0, 0.05) is 29.1 Å². The number of benzene rings is 1. The maximum atomic E-state index is 12.2. The highest BCUT2D eigenvalue weighted by atomic mass is 32.1. The van der Waals surface area contributed by atoms with Crippen molar-refractivity contribution in [1.82, 2.24) is 15.3 Å². The predicted molar refractivity (Wildman–Crippen MR) is 106 cm³/mol. The number of amides is 1. The van der Waals surface area contributed by atoms with E-state index in [9.17, 15) is 14.7 Å². The number of hydrogen-bond donors (Lipinski definition) is 2. The number of rotatable bonds is 6. The average Bonchev–Trinajstić information content (AvgIpc) is 3.19. The van der Waals surface area contributed by atoms with Crippen LogP contribution in [0.3, 0.4) is 0 Å². The van der Waals surface area contributed by atoms with Gasteiger partial charge in [0.2, 0.25) is 0 Å². The Labute approximate surface area is 166 Å². The lowest BCUT2D eigenvalue weighted by Crippen LogP contribution is -2.31. The van der Waals surface area contributed by atoms with E-state index in [-0.39, 0.29) is 24.6 Å². The molecule has 0 aliphatic carbocycles. The second-order valence-corrected chi connectivity index (χ2v) is 6.91. The van der Waals surface area contributed by atoms with Crippen LogP contribution in [0.1, 0.15) is 23.0 Å². The minimum Gasteiger partial charge on any atom is -0.505 e. The fraction of sp³-hybridized carbons (Fsp3) is 0.200. The Morgan fingerprint density at radius 3 is 2.64 bits per heavy atom. The number of hydrogen-bond acceptors (Lipinski definition) is 7. The molecule has 1 aromatic carbocycles. The number of aromatic nitrogens is 2. The van der Waals surface area contributed by atoms with Crippen molar-refractivity contribution in [2.45, 2.75) is 13.8 Å². The van der Waals surface area contributed by atoms with Gasteiger partial charge >= 0.3 is 5.97 Å². The van der Waals surface area contributed by atoms with Gasteiger partial charge in [-0.15, -0.1) is 11.3 Å². The zero-order chi connectivity index (χ0) is 20.1. The van der Waals surface area contributed by atoms with Gasteiger partial charge in [-0.2, -0.15) is 0 Å². The zero-order valence-corrected chi connectivity index (χ0v) is 16.2. The summed E-state index contributed by atoms with van der Waals surface area (Å²) in [6.45, 7) is 3.32. The summed E-state index contributed by atoms with van der Waals surface area (Å²) in [5, 5.41) is 13.7. The molecule has 0 saturated heterocycles. The molecule has 2 heterocycles. The van der Waals surface area contributed by atoms with Crippen molar-refractivity contribution < 1.29 is 19.4 Å². The third-order valence-electron chi connectivity index (χ3n) is 4.01. The number of nitrogens with zero attached hydrogens (tertiary/aromatic N) is 2. The molecular weight excluding hydrogens is 378 g/mol. The minimum atomic E-state index is -0.644. The number of esters is 1. The number of nitrogens with one attached hydrogen (secondary N) is 1. The highest BCUT2D eigenvalue weighted by molar-refractivity contribution is 7.18. The quantitative estimate of drug-likeness (QED) is 0.620. The van der Waals surface area contributed by atoms with Gasteiger partial charge in [-0.1, -0.05) is 30.3 Å². The molecule has 3 rings (SSSR count). The van der Waals surface area contributed by atoms with E-state index in [1.165, 1.54) is 17.5 Å². The standard InChI is InChI=1S/C20H19N3O4S/c1-3-27-16(24)11-22-19(26)17-18(25)12(2)14(9-21-17)15-10-23-20(28-15)13-7-5-4-6-8-13/h4-10,25H,3,11H2,1-2H3,(H,22,26). The van der Waals surface area contributed by atoms with E-state index in [2.05, 4.69) is 15.3 Å². The molecule has 0 bridgehead atoms. The molecule has 8 heteroatoms. The summed E-state index contributed by atoms with van der Waals surface area (Å²) >= 11 is 1.47. The van der Waals surface area contributed by atoms with Crippen LogP contribution in [0.2, 0.25) is 0 Å². The lowest BCUT2D eigenvalue weighted by molar-refractivity contribution is -0.141. The number of aromatic hydroxyl groups is 1. The van der Waals surface area contributed by atoms with Crippen LogP contribution in [0.4, 0.5) is 0 Å². The van der Waals surface area contributed by atoms with Crippen molar-refractivity contribution in [2.75, 3.05) is 13.2 Å². The van der Waals surface area contributed by atoms with Gasteiger partial charge in [0.15, 0.2) is 5.69 Å². The fourth-order valence-corrected chi connectivity index (χ4v) is 3.56. The Balaban J connectivity index is 1.82. The summed E-state index contributed by atoms with van der Waals surface area (Å²) in [5.74, 6) is -1.43. The van der Waals surface area contributed by atoms with Crippen molar-refractivity contribution in [3.05, 3.63) is 54.0 Å². The Morgan fingerprint density at radius 1 is 1.18 bits per heavy atom. The van der Waals surface area contributed by atoms with E-state index in [4.69, 9.17) is 4.74 Å². The zero-order valence-electron chi connectivity index (χ0n) is 15.4. The van der Waals surface area contributed by atoms with Crippen LogP contribution in [0.25, 0.3) is 21.0 Å². The van der Waals surface area contributed by atoms with Gasteiger partial charge in [-0.3, -0.25) is 9.59 Å². The maximum absolute atomic E-state index is 12.2. The first kappa shape index (κ1) is 19.5. The van der Waals surface area contributed by atoms with Crippen LogP contribution in [0.15, 0.2) is 42.7 Å². The second kappa shape index (κ2) is 8.62. The van der Waals surface area contributed by atoms with Crippen LogP contribution >= 0.6 is 11.3 Å². The van der Waals surface area contributed by atoms with Crippen molar-refractivity contribution in [3.63, 3.8) is 0 Å². The summed E-state index contributed by atoms with van der Waals surface area (Å²) in [6.07, 6.45) is 3.24. The Morgan fingerprint density at radius 2 is 1.93 bits per heavy atom. The summed E-state index contributed by atoms with van der Waals surface area (Å²) in [4.78, 5) is 32.9. The number of thiazole rings is 1. The van der Waals surface area contributed by atoms with Crippen LogP contribution in [-0.2, 0) is 9.53 Å². The summed E-state index contributed by atoms with van der Waals surface area (Å²) in [5.41, 5.74) is 2.07. The molecule has 0 atom stereocenters. The van der Waals surface area contributed by atoms with Gasteiger partial charge in [-0.25, -0.2) is 9.97 Å². The van der Waals surface area contributed by atoms with E-state index in [1.54, 1.807) is 20.0 Å². The highest BCUT2D eigenvalue weighted by Gasteiger charge is 2.20. The summed E-state index contributed by atoms with van der Waals surface area (Å²) in [6, 6.07) is 9.78. The molecule has 0 aliphatic rings. The molecule has 2 N–H and O–H groups in total. The molecule has 0 unspecified atom stereocenters. The second-order valence-electron chi connectivity index (χ2n) is 5.88. The lowest BCUT2D eigenvalue weighted by atomic mass is 10.1. The Bertz CT molecular complexity index is 1000. The predicted octanol–water partition coefficient (Wildman–Crippen LogP) is 3.18. The van der Waals surface area contributed by atoms with Gasteiger partial charge in [0.25, 0.3) is 5.91 Å². The normalized spacial score (nSPS) is 10.5.